The highest BCUT2D eigenvalue weighted by Gasteiger charge is 2.13. The summed E-state index contributed by atoms with van der Waals surface area (Å²) in [6.45, 7) is 2.00. The number of hydrogen-bond acceptors (Lipinski definition) is 3. The van der Waals surface area contributed by atoms with Crippen molar-refractivity contribution < 1.29 is 9.13 Å². The highest BCUT2D eigenvalue weighted by Crippen LogP contribution is 2.30. The first kappa shape index (κ1) is 14.0. The van der Waals surface area contributed by atoms with E-state index in [1.54, 1.807) is 6.07 Å². The summed E-state index contributed by atoms with van der Waals surface area (Å²) < 4.78 is 19.1. The smallest absolute Gasteiger partial charge is 0.227 e. The molecule has 0 amide bonds. The molecule has 0 radical (unpaired) electrons. The average molecular weight is 301 g/mol. The van der Waals surface area contributed by atoms with Gasteiger partial charge < -0.3 is 4.74 Å². The fraction of sp³-hybridized carbons (Fsp3) is 0.231. The summed E-state index contributed by atoms with van der Waals surface area (Å²) in [4.78, 5) is 7.90. The first-order valence-corrected chi connectivity index (χ1v) is 6.49. The molecule has 100 valence electrons. The van der Waals surface area contributed by atoms with E-state index in [0.29, 0.717) is 22.2 Å². The van der Waals surface area contributed by atoms with Gasteiger partial charge in [0.1, 0.15) is 11.5 Å². The lowest BCUT2D eigenvalue weighted by Crippen LogP contribution is -1.99. The van der Waals surface area contributed by atoms with Crippen molar-refractivity contribution in [2.24, 2.45) is 0 Å². The number of benzene rings is 1. The molecule has 0 unspecified atom stereocenters. The molecule has 1 aromatic carbocycles. The summed E-state index contributed by atoms with van der Waals surface area (Å²) in [6, 6.07) is 4.17. The van der Waals surface area contributed by atoms with Crippen LogP contribution in [-0.4, -0.2) is 9.97 Å². The Labute approximate surface area is 120 Å². The van der Waals surface area contributed by atoms with E-state index in [1.165, 1.54) is 18.5 Å². The van der Waals surface area contributed by atoms with Crippen LogP contribution in [0.15, 0.2) is 24.5 Å². The van der Waals surface area contributed by atoms with Crippen LogP contribution in [0.3, 0.4) is 0 Å². The maximum Gasteiger partial charge on any atom is 0.227 e. The Balaban J connectivity index is 2.35. The van der Waals surface area contributed by atoms with E-state index in [-0.39, 0.29) is 11.6 Å². The van der Waals surface area contributed by atoms with Gasteiger partial charge in [0.05, 0.1) is 5.56 Å². The third kappa shape index (κ3) is 3.33. The molecule has 0 fully saturated rings. The molecule has 19 heavy (non-hydrogen) atoms. The third-order valence-corrected chi connectivity index (χ3v) is 3.01. The molecule has 0 saturated carbocycles. The van der Waals surface area contributed by atoms with Crippen molar-refractivity contribution in [1.82, 2.24) is 9.97 Å². The number of nitrogens with zero attached hydrogens (tertiary/aromatic N) is 2. The van der Waals surface area contributed by atoms with Crippen LogP contribution in [0.2, 0.25) is 10.2 Å². The summed E-state index contributed by atoms with van der Waals surface area (Å²) in [5.41, 5.74) is 0.668. The van der Waals surface area contributed by atoms with Gasteiger partial charge in [-0.1, -0.05) is 36.5 Å². The van der Waals surface area contributed by atoms with E-state index >= 15 is 0 Å². The second-order valence-electron chi connectivity index (χ2n) is 3.87. The van der Waals surface area contributed by atoms with Crippen LogP contribution in [0.25, 0.3) is 0 Å². The lowest BCUT2D eigenvalue weighted by Gasteiger charge is -2.10. The fourth-order valence-corrected chi connectivity index (χ4v) is 1.96. The Kier molecular flexibility index (Phi) is 4.56. The Hall–Kier alpha value is -1.39. The second kappa shape index (κ2) is 6.17. The van der Waals surface area contributed by atoms with Gasteiger partial charge in [-0.3, -0.25) is 0 Å². The molecule has 2 rings (SSSR count). The molecule has 0 saturated heterocycles. The first-order chi connectivity index (χ1) is 9.11. The summed E-state index contributed by atoms with van der Waals surface area (Å²) in [7, 11) is 0. The van der Waals surface area contributed by atoms with Crippen molar-refractivity contribution >= 4 is 23.2 Å². The molecule has 0 N–H and O–H groups in total. The third-order valence-electron chi connectivity index (χ3n) is 2.45. The minimum Gasteiger partial charge on any atom is -0.435 e. The lowest BCUT2D eigenvalue weighted by atomic mass is 10.2. The number of hydrogen-bond donors (Lipinski definition) is 0. The highest BCUT2D eigenvalue weighted by molar-refractivity contribution is 6.30. The Morgan fingerprint density at radius 3 is 2.74 bits per heavy atom. The van der Waals surface area contributed by atoms with Gasteiger partial charge in [-0.2, -0.15) is 0 Å². The number of ether oxygens (including phenoxy) is 1. The minimum absolute atomic E-state index is 0.0523. The van der Waals surface area contributed by atoms with Gasteiger partial charge >= 0.3 is 0 Å². The van der Waals surface area contributed by atoms with Crippen LogP contribution in [0.1, 0.15) is 18.9 Å². The summed E-state index contributed by atoms with van der Waals surface area (Å²) in [5.74, 6) is -0.232. The predicted octanol–water partition coefficient (Wildman–Crippen LogP) is 4.67. The molecule has 0 bridgehead atoms. The van der Waals surface area contributed by atoms with Crippen molar-refractivity contribution in [3.05, 3.63) is 46.1 Å². The van der Waals surface area contributed by atoms with Crippen LogP contribution in [-0.2, 0) is 6.42 Å². The van der Waals surface area contributed by atoms with Crippen molar-refractivity contribution in [3.8, 4) is 11.6 Å². The van der Waals surface area contributed by atoms with Crippen LogP contribution < -0.4 is 4.74 Å². The molecule has 6 heteroatoms. The van der Waals surface area contributed by atoms with Crippen molar-refractivity contribution in [1.29, 1.82) is 0 Å². The molecular weight excluding hydrogens is 290 g/mol. The molecule has 2 aromatic rings. The van der Waals surface area contributed by atoms with E-state index in [1.807, 2.05) is 6.92 Å². The fourth-order valence-electron chi connectivity index (χ4n) is 1.59. The van der Waals surface area contributed by atoms with E-state index in [4.69, 9.17) is 27.9 Å². The van der Waals surface area contributed by atoms with Gasteiger partial charge in [0.15, 0.2) is 11.6 Å². The van der Waals surface area contributed by atoms with Crippen LogP contribution in [0.5, 0.6) is 11.6 Å². The monoisotopic (exact) mass is 300 g/mol. The van der Waals surface area contributed by atoms with Crippen LogP contribution >= 0.6 is 23.2 Å². The topological polar surface area (TPSA) is 35.0 Å². The van der Waals surface area contributed by atoms with Gasteiger partial charge in [-0.15, -0.1) is 0 Å². The first-order valence-electron chi connectivity index (χ1n) is 5.74. The molecule has 0 aliphatic heterocycles. The Bertz CT molecular complexity index is 593. The van der Waals surface area contributed by atoms with Gasteiger partial charge in [0.25, 0.3) is 0 Å². The van der Waals surface area contributed by atoms with Crippen molar-refractivity contribution in [2.75, 3.05) is 0 Å². The maximum atomic E-state index is 13.7. The Morgan fingerprint density at radius 1 is 1.26 bits per heavy atom. The molecule has 0 spiro atoms. The zero-order valence-electron chi connectivity index (χ0n) is 10.2. The zero-order valence-corrected chi connectivity index (χ0v) is 11.7. The SMILES string of the molecule is CCCc1c(Cl)ncnc1Oc1ccc(Cl)cc1F. The van der Waals surface area contributed by atoms with E-state index in [0.717, 1.165) is 6.42 Å². The second-order valence-corrected chi connectivity index (χ2v) is 4.67. The van der Waals surface area contributed by atoms with Gasteiger partial charge in [-0.05, 0) is 24.6 Å². The number of rotatable bonds is 4. The minimum atomic E-state index is -0.551. The van der Waals surface area contributed by atoms with Gasteiger partial charge in [0, 0.05) is 5.02 Å². The lowest BCUT2D eigenvalue weighted by molar-refractivity contribution is 0.421. The van der Waals surface area contributed by atoms with E-state index in [2.05, 4.69) is 9.97 Å². The highest BCUT2D eigenvalue weighted by atomic mass is 35.5. The molecule has 0 aliphatic rings. The largest absolute Gasteiger partial charge is 0.435 e. The summed E-state index contributed by atoms with van der Waals surface area (Å²) in [6.07, 6.45) is 2.79. The summed E-state index contributed by atoms with van der Waals surface area (Å²) in [5, 5.41) is 0.626. The van der Waals surface area contributed by atoms with Crippen LogP contribution in [0, 0.1) is 5.82 Å². The molecular formula is C13H11Cl2FN2O. The summed E-state index contributed by atoms with van der Waals surface area (Å²) >= 11 is 11.7. The van der Waals surface area contributed by atoms with Gasteiger partial charge in [0.2, 0.25) is 5.88 Å². The average Bonchev–Trinajstić information content (AvgIpc) is 2.37. The predicted molar refractivity (Wildman–Crippen MR) is 72.5 cm³/mol. The van der Waals surface area contributed by atoms with Crippen molar-refractivity contribution in [2.45, 2.75) is 19.8 Å². The quantitative estimate of drug-likeness (QED) is 0.770. The van der Waals surface area contributed by atoms with E-state index in [9.17, 15) is 4.39 Å². The van der Waals surface area contributed by atoms with Crippen LogP contribution in [0.4, 0.5) is 4.39 Å². The molecule has 1 heterocycles. The van der Waals surface area contributed by atoms with Gasteiger partial charge in [-0.25, -0.2) is 14.4 Å². The molecule has 1 aromatic heterocycles. The standard InChI is InChI=1S/C13H11Cl2FN2O/c1-2-3-9-12(15)17-7-18-13(9)19-11-5-4-8(14)6-10(11)16/h4-7H,2-3H2,1H3. The van der Waals surface area contributed by atoms with E-state index < -0.39 is 5.82 Å². The Morgan fingerprint density at radius 2 is 2.05 bits per heavy atom. The number of aromatic nitrogens is 2. The van der Waals surface area contributed by atoms with Crippen molar-refractivity contribution in [3.63, 3.8) is 0 Å². The molecule has 0 atom stereocenters. The molecule has 3 nitrogen and oxygen atoms in total. The number of halogens is 3. The zero-order chi connectivity index (χ0) is 13.8. The maximum absolute atomic E-state index is 13.7. The normalized spacial score (nSPS) is 10.5. The molecule has 0 aliphatic carbocycles.